The standard InChI is InChI=1S/C20H24N2O5S/c1-26-17-8-10-19(11-9-17)28(24,25)22-13-15-4-6-16(7-5-15)20(23)21-14-18-3-2-12-27-18/h4-11,18,22H,2-3,12-14H2,1H3,(H,21,23). The van der Waals surface area contributed by atoms with Gasteiger partial charge in [-0.1, -0.05) is 12.1 Å². The van der Waals surface area contributed by atoms with Gasteiger partial charge in [-0.25, -0.2) is 13.1 Å². The number of carbonyl (C=O) groups is 1. The topological polar surface area (TPSA) is 93.7 Å². The molecule has 1 heterocycles. The highest BCUT2D eigenvalue weighted by molar-refractivity contribution is 7.89. The van der Waals surface area contributed by atoms with Gasteiger partial charge in [0, 0.05) is 25.3 Å². The van der Waals surface area contributed by atoms with Crippen molar-refractivity contribution in [1.82, 2.24) is 10.0 Å². The van der Waals surface area contributed by atoms with Crippen molar-refractivity contribution in [2.75, 3.05) is 20.3 Å². The fraction of sp³-hybridized carbons (Fsp3) is 0.350. The number of ether oxygens (including phenoxy) is 2. The molecule has 0 spiro atoms. The average Bonchev–Trinajstić information content (AvgIpc) is 3.24. The summed E-state index contributed by atoms with van der Waals surface area (Å²) in [6.07, 6.45) is 2.09. The molecule has 2 aromatic rings. The van der Waals surface area contributed by atoms with E-state index in [1.165, 1.54) is 19.2 Å². The lowest BCUT2D eigenvalue weighted by Crippen LogP contribution is -2.31. The molecule has 1 amide bonds. The van der Waals surface area contributed by atoms with Crippen molar-refractivity contribution < 1.29 is 22.7 Å². The van der Waals surface area contributed by atoms with Crippen LogP contribution in [0.5, 0.6) is 5.75 Å². The predicted octanol–water partition coefficient (Wildman–Crippen LogP) is 2.08. The van der Waals surface area contributed by atoms with Crippen LogP contribution in [0.1, 0.15) is 28.8 Å². The molecule has 0 saturated carbocycles. The van der Waals surface area contributed by atoms with Crippen LogP contribution in [0.2, 0.25) is 0 Å². The van der Waals surface area contributed by atoms with E-state index in [2.05, 4.69) is 10.0 Å². The van der Waals surface area contributed by atoms with Crippen LogP contribution in [0.3, 0.4) is 0 Å². The second kappa shape index (κ2) is 9.18. The smallest absolute Gasteiger partial charge is 0.251 e. The number of carbonyl (C=O) groups excluding carboxylic acids is 1. The van der Waals surface area contributed by atoms with Gasteiger partial charge in [0.15, 0.2) is 0 Å². The van der Waals surface area contributed by atoms with Gasteiger partial charge in [-0.05, 0) is 54.8 Å². The van der Waals surface area contributed by atoms with Crippen molar-refractivity contribution in [3.8, 4) is 5.75 Å². The van der Waals surface area contributed by atoms with E-state index in [-0.39, 0.29) is 23.5 Å². The summed E-state index contributed by atoms with van der Waals surface area (Å²) in [6.45, 7) is 1.39. The van der Waals surface area contributed by atoms with Gasteiger partial charge >= 0.3 is 0 Å². The minimum absolute atomic E-state index is 0.0931. The van der Waals surface area contributed by atoms with Crippen molar-refractivity contribution >= 4 is 15.9 Å². The second-order valence-corrected chi connectivity index (χ2v) is 8.31. The van der Waals surface area contributed by atoms with Gasteiger partial charge in [-0.3, -0.25) is 4.79 Å². The summed E-state index contributed by atoms with van der Waals surface area (Å²) in [4.78, 5) is 12.3. The van der Waals surface area contributed by atoms with Crippen LogP contribution in [0.25, 0.3) is 0 Å². The molecule has 0 aliphatic carbocycles. The highest BCUT2D eigenvalue weighted by atomic mass is 32.2. The van der Waals surface area contributed by atoms with E-state index in [0.29, 0.717) is 17.9 Å². The molecule has 28 heavy (non-hydrogen) atoms. The summed E-state index contributed by atoms with van der Waals surface area (Å²) >= 11 is 0. The summed E-state index contributed by atoms with van der Waals surface area (Å²) in [5.41, 5.74) is 1.28. The minimum Gasteiger partial charge on any atom is -0.497 e. The Hall–Kier alpha value is -2.42. The highest BCUT2D eigenvalue weighted by Gasteiger charge is 2.17. The molecular weight excluding hydrogens is 380 g/mol. The van der Waals surface area contributed by atoms with E-state index >= 15 is 0 Å². The van der Waals surface area contributed by atoms with Gasteiger partial charge in [-0.15, -0.1) is 0 Å². The Morgan fingerprint density at radius 3 is 2.46 bits per heavy atom. The molecule has 150 valence electrons. The molecular formula is C20H24N2O5S. The lowest BCUT2D eigenvalue weighted by atomic mass is 10.1. The summed E-state index contributed by atoms with van der Waals surface area (Å²) in [5.74, 6) is 0.424. The Morgan fingerprint density at radius 2 is 1.86 bits per heavy atom. The minimum atomic E-state index is -3.63. The quantitative estimate of drug-likeness (QED) is 0.703. The first-order valence-corrected chi connectivity index (χ1v) is 10.6. The molecule has 0 radical (unpaired) electrons. The Kier molecular flexibility index (Phi) is 6.66. The largest absolute Gasteiger partial charge is 0.497 e. The summed E-state index contributed by atoms with van der Waals surface area (Å²) < 4.78 is 37.8. The predicted molar refractivity (Wildman–Crippen MR) is 105 cm³/mol. The fourth-order valence-corrected chi connectivity index (χ4v) is 3.92. The molecule has 1 unspecified atom stereocenters. The molecule has 0 bridgehead atoms. The highest BCUT2D eigenvalue weighted by Crippen LogP contribution is 2.16. The van der Waals surface area contributed by atoms with Gasteiger partial charge in [-0.2, -0.15) is 0 Å². The van der Waals surface area contributed by atoms with Crippen molar-refractivity contribution in [1.29, 1.82) is 0 Å². The molecule has 3 rings (SSSR count). The third-order valence-electron chi connectivity index (χ3n) is 4.57. The Morgan fingerprint density at radius 1 is 1.14 bits per heavy atom. The van der Waals surface area contributed by atoms with Crippen LogP contribution in [-0.4, -0.2) is 40.7 Å². The van der Waals surface area contributed by atoms with Crippen LogP contribution in [0.4, 0.5) is 0 Å². The molecule has 2 N–H and O–H groups in total. The zero-order valence-electron chi connectivity index (χ0n) is 15.7. The Balaban J connectivity index is 1.53. The summed E-state index contributed by atoms with van der Waals surface area (Å²) in [7, 11) is -2.10. The summed E-state index contributed by atoms with van der Waals surface area (Å²) in [6, 6.07) is 13.0. The zero-order valence-corrected chi connectivity index (χ0v) is 16.5. The molecule has 0 aromatic heterocycles. The van der Waals surface area contributed by atoms with Gasteiger partial charge < -0.3 is 14.8 Å². The van der Waals surface area contributed by atoms with E-state index < -0.39 is 10.0 Å². The lowest BCUT2D eigenvalue weighted by Gasteiger charge is -2.11. The summed E-state index contributed by atoms with van der Waals surface area (Å²) in [5, 5.41) is 2.86. The molecule has 1 fully saturated rings. The van der Waals surface area contributed by atoms with Gasteiger partial charge in [0.05, 0.1) is 18.1 Å². The van der Waals surface area contributed by atoms with Crippen LogP contribution >= 0.6 is 0 Å². The third kappa shape index (κ3) is 5.31. The molecule has 7 nitrogen and oxygen atoms in total. The number of sulfonamides is 1. The molecule has 2 aromatic carbocycles. The first-order chi connectivity index (χ1) is 13.5. The second-order valence-electron chi connectivity index (χ2n) is 6.54. The van der Waals surface area contributed by atoms with Gasteiger partial charge in [0.2, 0.25) is 10.0 Å². The number of hydrogen-bond donors (Lipinski definition) is 2. The van der Waals surface area contributed by atoms with E-state index in [4.69, 9.17) is 9.47 Å². The number of rotatable bonds is 8. The number of benzene rings is 2. The van der Waals surface area contributed by atoms with Crippen molar-refractivity contribution in [3.63, 3.8) is 0 Å². The van der Waals surface area contributed by atoms with E-state index in [0.717, 1.165) is 25.0 Å². The van der Waals surface area contributed by atoms with Crippen molar-refractivity contribution in [2.45, 2.75) is 30.4 Å². The molecule has 8 heteroatoms. The van der Waals surface area contributed by atoms with Crippen molar-refractivity contribution in [2.24, 2.45) is 0 Å². The average molecular weight is 404 g/mol. The molecule has 1 saturated heterocycles. The monoisotopic (exact) mass is 404 g/mol. The number of hydrogen-bond acceptors (Lipinski definition) is 5. The van der Waals surface area contributed by atoms with Gasteiger partial charge in [0.1, 0.15) is 5.75 Å². The number of nitrogens with one attached hydrogen (secondary N) is 2. The SMILES string of the molecule is COc1ccc(S(=O)(=O)NCc2ccc(C(=O)NCC3CCCO3)cc2)cc1. The number of methoxy groups -OCH3 is 1. The van der Waals surface area contributed by atoms with Crippen LogP contribution < -0.4 is 14.8 Å². The lowest BCUT2D eigenvalue weighted by molar-refractivity contribution is 0.0858. The van der Waals surface area contributed by atoms with Crippen molar-refractivity contribution in [3.05, 3.63) is 59.7 Å². The molecule has 1 aliphatic rings. The van der Waals surface area contributed by atoms with E-state index in [9.17, 15) is 13.2 Å². The maximum absolute atomic E-state index is 12.4. The first kappa shape index (κ1) is 20.3. The first-order valence-electron chi connectivity index (χ1n) is 9.10. The van der Waals surface area contributed by atoms with Crippen LogP contribution in [0, 0.1) is 0 Å². The van der Waals surface area contributed by atoms with E-state index in [1.54, 1.807) is 36.4 Å². The van der Waals surface area contributed by atoms with Gasteiger partial charge in [0.25, 0.3) is 5.91 Å². The zero-order chi connectivity index (χ0) is 20.0. The normalized spacial score (nSPS) is 16.7. The van der Waals surface area contributed by atoms with Crippen LogP contribution in [0.15, 0.2) is 53.4 Å². The Labute approximate surface area is 165 Å². The fourth-order valence-electron chi connectivity index (χ4n) is 2.90. The maximum Gasteiger partial charge on any atom is 0.251 e. The molecule has 1 aliphatic heterocycles. The third-order valence-corrected chi connectivity index (χ3v) is 5.98. The maximum atomic E-state index is 12.4. The number of amides is 1. The van der Waals surface area contributed by atoms with E-state index in [1.807, 2.05) is 0 Å². The van der Waals surface area contributed by atoms with Crippen LogP contribution in [-0.2, 0) is 21.3 Å². The Bertz CT molecular complexity index is 889. The molecule has 1 atom stereocenters.